The van der Waals surface area contributed by atoms with Crippen LogP contribution in [0, 0.1) is 17.7 Å². The monoisotopic (exact) mass is 338 g/mol. The third-order valence-corrected chi connectivity index (χ3v) is 5.25. The Hall–Kier alpha value is -2.30. The van der Waals surface area contributed by atoms with Crippen molar-refractivity contribution in [2.24, 2.45) is 11.8 Å². The number of rotatable bonds is 5. The topological polar surface area (TPSA) is 35.5 Å². The highest BCUT2D eigenvalue weighted by atomic mass is 19.1. The van der Waals surface area contributed by atoms with E-state index in [0.29, 0.717) is 24.0 Å². The first-order valence-electron chi connectivity index (χ1n) is 8.75. The fourth-order valence-electron chi connectivity index (χ4n) is 4.01. The highest BCUT2D eigenvalue weighted by Gasteiger charge is 2.60. The van der Waals surface area contributed by atoms with E-state index in [1.807, 2.05) is 39.0 Å². The number of fused-ring (bicyclic) bond motifs is 3. The van der Waals surface area contributed by atoms with Gasteiger partial charge in [0.15, 0.2) is 0 Å². The van der Waals surface area contributed by atoms with Crippen LogP contribution in [0.5, 0.6) is 5.75 Å². The third kappa shape index (κ3) is 2.92. The summed E-state index contributed by atoms with van der Waals surface area (Å²) in [6.45, 7) is 2.49. The first kappa shape index (κ1) is 16.2. The molecule has 2 aromatic carbocycles. The number of carbonyl (C=O) groups excluding carboxylic acids is 1. The van der Waals surface area contributed by atoms with Crippen molar-refractivity contribution in [1.82, 2.24) is 0 Å². The summed E-state index contributed by atoms with van der Waals surface area (Å²) >= 11 is 0. The first-order valence-corrected chi connectivity index (χ1v) is 8.75. The molecule has 0 bridgehead atoms. The van der Waals surface area contributed by atoms with Crippen molar-refractivity contribution in [1.29, 1.82) is 0 Å². The van der Waals surface area contributed by atoms with Crippen molar-refractivity contribution in [2.75, 3.05) is 6.61 Å². The maximum absolute atomic E-state index is 13.8. The van der Waals surface area contributed by atoms with Crippen LogP contribution < -0.4 is 10.2 Å². The molecular weight excluding hydrogens is 318 g/mol. The molecule has 0 unspecified atom stereocenters. The van der Waals surface area contributed by atoms with Gasteiger partial charge in [-0.05, 0) is 48.6 Å². The van der Waals surface area contributed by atoms with Gasteiger partial charge in [-0.25, -0.2) is 4.39 Å². The molecule has 4 rings (SSSR count). The Balaban J connectivity index is 1.44. The zero-order valence-electron chi connectivity index (χ0n) is 14.4. The standard InChI is InChI=1S/C20H20BFO3/c1-2-24-20(23)19-16-9-11-8-14(4-5-15(11)18(16)19)25-10-12-7-13(21)3-6-17(12)22/h3-8,16,18-19H,2,9-10,21H2,1H3/t16-,18+,19+/m1/s1. The molecule has 128 valence electrons. The molecule has 3 atom stereocenters. The SMILES string of the molecule is Bc1ccc(F)c(COc2ccc3c(c2)C[C@H]2[C@H](C(=O)OCC)[C@@H]32)c1. The van der Waals surface area contributed by atoms with Crippen LogP contribution in [-0.4, -0.2) is 20.4 Å². The van der Waals surface area contributed by atoms with Gasteiger partial charge in [0.1, 0.15) is 26.0 Å². The fraction of sp³-hybridized carbons (Fsp3) is 0.350. The summed E-state index contributed by atoms with van der Waals surface area (Å²) in [6.07, 6.45) is 0.888. The normalized spacial score (nSPS) is 22.9. The summed E-state index contributed by atoms with van der Waals surface area (Å²) < 4.78 is 24.7. The minimum atomic E-state index is -0.245. The van der Waals surface area contributed by atoms with Gasteiger partial charge in [0.05, 0.1) is 12.5 Å². The van der Waals surface area contributed by atoms with E-state index in [-0.39, 0.29) is 24.3 Å². The van der Waals surface area contributed by atoms with Crippen molar-refractivity contribution in [3.8, 4) is 5.75 Å². The van der Waals surface area contributed by atoms with Crippen molar-refractivity contribution in [3.63, 3.8) is 0 Å². The lowest BCUT2D eigenvalue weighted by atomic mass is 9.94. The second-order valence-corrected chi connectivity index (χ2v) is 6.92. The molecule has 0 aliphatic heterocycles. The largest absolute Gasteiger partial charge is 0.489 e. The fourth-order valence-corrected chi connectivity index (χ4v) is 4.01. The van der Waals surface area contributed by atoms with E-state index >= 15 is 0 Å². The van der Waals surface area contributed by atoms with Crippen molar-refractivity contribution >= 4 is 19.3 Å². The molecule has 2 aromatic rings. The summed E-state index contributed by atoms with van der Waals surface area (Å²) in [5.74, 6) is 1.13. The average Bonchev–Trinajstić information content (AvgIpc) is 3.18. The summed E-state index contributed by atoms with van der Waals surface area (Å²) in [6, 6.07) is 11.0. The van der Waals surface area contributed by atoms with Crippen LogP contribution in [-0.2, 0) is 22.6 Å². The van der Waals surface area contributed by atoms with Crippen molar-refractivity contribution in [3.05, 3.63) is 58.9 Å². The van der Waals surface area contributed by atoms with Gasteiger partial charge in [-0.3, -0.25) is 4.79 Å². The van der Waals surface area contributed by atoms with E-state index in [1.165, 1.54) is 17.2 Å². The second kappa shape index (κ2) is 6.21. The van der Waals surface area contributed by atoms with Crippen LogP contribution >= 0.6 is 0 Å². The Morgan fingerprint density at radius 3 is 2.92 bits per heavy atom. The minimum absolute atomic E-state index is 0.0283. The van der Waals surface area contributed by atoms with Crippen LogP contribution in [0.15, 0.2) is 36.4 Å². The molecular formula is C20H20BFO3. The maximum Gasteiger partial charge on any atom is 0.309 e. The second-order valence-electron chi connectivity index (χ2n) is 6.92. The lowest BCUT2D eigenvalue weighted by Gasteiger charge is -2.12. The van der Waals surface area contributed by atoms with E-state index < -0.39 is 0 Å². The maximum atomic E-state index is 13.8. The predicted molar refractivity (Wildman–Crippen MR) is 95.4 cm³/mol. The zero-order valence-corrected chi connectivity index (χ0v) is 14.4. The van der Waals surface area contributed by atoms with Gasteiger partial charge < -0.3 is 9.47 Å². The van der Waals surface area contributed by atoms with Gasteiger partial charge in [0, 0.05) is 11.5 Å². The molecule has 0 amide bonds. The molecule has 1 saturated carbocycles. The van der Waals surface area contributed by atoms with E-state index in [9.17, 15) is 9.18 Å². The number of hydrogen-bond donors (Lipinski definition) is 0. The van der Waals surface area contributed by atoms with Crippen LogP contribution in [0.1, 0.15) is 29.5 Å². The Morgan fingerprint density at radius 1 is 1.28 bits per heavy atom. The number of ether oxygens (including phenoxy) is 2. The smallest absolute Gasteiger partial charge is 0.309 e. The molecule has 0 aromatic heterocycles. The number of esters is 1. The van der Waals surface area contributed by atoms with Crippen molar-refractivity contribution in [2.45, 2.75) is 25.9 Å². The average molecular weight is 338 g/mol. The van der Waals surface area contributed by atoms with Gasteiger partial charge in [-0.15, -0.1) is 0 Å². The summed E-state index contributed by atoms with van der Waals surface area (Å²) in [5, 5.41) is 0. The molecule has 0 heterocycles. The number of benzene rings is 2. The first-order chi connectivity index (χ1) is 12.1. The molecule has 0 spiro atoms. The van der Waals surface area contributed by atoms with E-state index in [1.54, 1.807) is 6.07 Å². The Morgan fingerprint density at radius 2 is 2.12 bits per heavy atom. The molecule has 0 saturated heterocycles. The van der Waals surface area contributed by atoms with Gasteiger partial charge in [0.2, 0.25) is 0 Å². The summed E-state index contributed by atoms with van der Waals surface area (Å²) in [5.41, 5.74) is 4.04. The lowest BCUT2D eigenvalue weighted by molar-refractivity contribution is -0.145. The third-order valence-electron chi connectivity index (χ3n) is 5.25. The Kier molecular flexibility index (Phi) is 4.02. The molecule has 25 heavy (non-hydrogen) atoms. The zero-order chi connectivity index (χ0) is 17.6. The molecule has 3 nitrogen and oxygen atoms in total. The highest BCUT2D eigenvalue weighted by Crippen LogP contribution is 2.62. The Bertz CT molecular complexity index is 836. The van der Waals surface area contributed by atoms with Crippen LogP contribution in [0.25, 0.3) is 0 Å². The highest BCUT2D eigenvalue weighted by molar-refractivity contribution is 6.32. The molecule has 5 heteroatoms. The minimum Gasteiger partial charge on any atom is -0.489 e. The van der Waals surface area contributed by atoms with Crippen LogP contribution in [0.3, 0.4) is 0 Å². The van der Waals surface area contributed by atoms with E-state index in [4.69, 9.17) is 9.47 Å². The number of halogens is 1. The molecule has 0 N–H and O–H groups in total. The van der Waals surface area contributed by atoms with Gasteiger partial charge in [0.25, 0.3) is 0 Å². The number of hydrogen-bond acceptors (Lipinski definition) is 3. The molecule has 1 fully saturated rings. The molecule has 2 aliphatic carbocycles. The van der Waals surface area contributed by atoms with Crippen LogP contribution in [0.2, 0.25) is 0 Å². The quantitative estimate of drug-likeness (QED) is 0.619. The molecule has 2 aliphatic rings. The van der Waals surface area contributed by atoms with E-state index in [0.717, 1.165) is 17.6 Å². The Labute approximate surface area is 147 Å². The summed E-state index contributed by atoms with van der Waals surface area (Å²) in [7, 11) is 1.94. The number of carbonyl (C=O) groups is 1. The molecule has 0 radical (unpaired) electrons. The van der Waals surface area contributed by atoms with Crippen LogP contribution in [0.4, 0.5) is 4.39 Å². The van der Waals surface area contributed by atoms with Gasteiger partial charge in [-0.1, -0.05) is 23.7 Å². The predicted octanol–water partition coefficient (Wildman–Crippen LogP) is 2.11. The van der Waals surface area contributed by atoms with E-state index in [2.05, 4.69) is 0 Å². The summed E-state index contributed by atoms with van der Waals surface area (Å²) in [4.78, 5) is 11.9. The van der Waals surface area contributed by atoms with Gasteiger partial charge in [-0.2, -0.15) is 0 Å². The van der Waals surface area contributed by atoms with Gasteiger partial charge >= 0.3 is 5.97 Å². The lowest BCUT2D eigenvalue weighted by Crippen LogP contribution is -2.11. The van der Waals surface area contributed by atoms with Crippen molar-refractivity contribution < 1.29 is 18.7 Å².